The molecule has 0 bridgehead atoms. The largest absolute Gasteiger partial charge is 0.449 e. The van der Waals surface area contributed by atoms with Crippen molar-refractivity contribution in [1.29, 1.82) is 0 Å². The molecule has 0 aromatic rings. The van der Waals surface area contributed by atoms with Crippen molar-refractivity contribution in [2.45, 2.75) is 26.7 Å². The maximum atomic E-state index is 11.4. The first-order valence-corrected chi connectivity index (χ1v) is 7.37. The Hall–Kier alpha value is -0.600. The number of carbonyl (C=O) groups excluding carboxylic acids is 1. The lowest BCUT2D eigenvalue weighted by molar-refractivity contribution is 0.133. The van der Waals surface area contributed by atoms with Gasteiger partial charge in [0.25, 0.3) is 11.3 Å². The third kappa shape index (κ3) is 7.35. The summed E-state index contributed by atoms with van der Waals surface area (Å²) in [4.78, 5) is 15.9. The quantitative estimate of drug-likeness (QED) is 0.245. The zero-order chi connectivity index (χ0) is 13.3. The van der Waals surface area contributed by atoms with Gasteiger partial charge in [-0.1, -0.05) is 18.5 Å². The van der Waals surface area contributed by atoms with Crippen LogP contribution < -0.4 is 0 Å². The van der Waals surface area contributed by atoms with E-state index in [4.69, 9.17) is 4.18 Å². The van der Waals surface area contributed by atoms with Crippen LogP contribution in [0.1, 0.15) is 26.7 Å². The normalized spacial score (nSPS) is 13.3. The van der Waals surface area contributed by atoms with E-state index in [0.29, 0.717) is 11.7 Å². The van der Waals surface area contributed by atoms with Gasteiger partial charge in [-0.2, -0.15) is 0 Å². The van der Waals surface area contributed by atoms with Crippen molar-refractivity contribution >= 4 is 34.2 Å². The predicted octanol–water partition coefficient (Wildman–Crippen LogP) is 2.15. The Balaban J connectivity index is 4.07. The summed E-state index contributed by atoms with van der Waals surface area (Å²) in [6.07, 6.45) is 2.72. The molecule has 0 spiro atoms. The number of thioether (sulfide) groups is 1. The summed E-state index contributed by atoms with van der Waals surface area (Å²) in [5.74, 6) is 0. The van der Waals surface area contributed by atoms with Gasteiger partial charge in [0.15, 0.2) is 0 Å². The molecule has 1 amide bonds. The molecule has 0 aliphatic heterocycles. The minimum absolute atomic E-state index is 0.341. The third-order valence-corrected chi connectivity index (χ3v) is 3.34. The van der Waals surface area contributed by atoms with Gasteiger partial charge in [0, 0.05) is 7.05 Å². The van der Waals surface area contributed by atoms with E-state index in [1.54, 1.807) is 6.92 Å². The van der Waals surface area contributed by atoms with Gasteiger partial charge < -0.3 is 0 Å². The summed E-state index contributed by atoms with van der Waals surface area (Å²) in [6, 6.07) is 0. The Morgan fingerprint density at radius 1 is 1.53 bits per heavy atom. The van der Waals surface area contributed by atoms with Gasteiger partial charge in [0.1, 0.15) is 5.04 Å². The van der Waals surface area contributed by atoms with Gasteiger partial charge in [0.05, 0.1) is 6.61 Å². The fourth-order valence-electron chi connectivity index (χ4n) is 0.613. The molecule has 0 aromatic carbocycles. The molecule has 8 heteroatoms. The van der Waals surface area contributed by atoms with Gasteiger partial charge in [-0.25, -0.2) is 13.3 Å². The van der Waals surface area contributed by atoms with Crippen LogP contribution in [-0.4, -0.2) is 39.6 Å². The second kappa shape index (κ2) is 9.43. The number of unbranched alkanes of at least 4 members (excludes halogenated alkanes) is 1. The van der Waals surface area contributed by atoms with E-state index in [1.165, 1.54) is 18.8 Å². The van der Waals surface area contributed by atoms with Crippen LogP contribution in [-0.2, 0) is 20.3 Å². The van der Waals surface area contributed by atoms with Gasteiger partial charge in [-0.3, -0.25) is 9.02 Å². The lowest BCUT2D eigenvalue weighted by Gasteiger charge is -2.12. The zero-order valence-corrected chi connectivity index (χ0v) is 12.1. The molecule has 1 atom stereocenters. The molecule has 0 heterocycles. The van der Waals surface area contributed by atoms with Gasteiger partial charge in [-0.15, -0.1) is 11.8 Å². The highest BCUT2D eigenvalue weighted by Gasteiger charge is 2.18. The molecule has 0 aliphatic rings. The maximum absolute atomic E-state index is 11.4. The Morgan fingerprint density at radius 2 is 2.18 bits per heavy atom. The van der Waals surface area contributed by atoms with Crippen LogP contribution in [0.15, 0.2) is 5.16 Å². The highest BCUT2D eigenvalue weighted by Crippen LogP contribution is 2.02. The summed E-state index contributed by atoms with van der Waals surface area (Å²) >= 11 is -0.479. The van der Waals surface area contributed by atoms with Crippen molar-refractivity contribution in [2.75, 3.05) is 19.9 Å². The lowest BCUT2D eigenvalue weighted by atomic mass is 10.4. The number of carbonyl (C=O) groups is 1. The van der Waals surface area contributed by atoms with E-state index in [-0.39, 0.29) is 0 Å². The SMILES string of the molecule is CCCCOS(=O)N(C)C(=O)ON=C(C)SC. The molecule has 0 aromatic heterocycles. The molecule has 6 nitrogen and oxygen atoms in total. The van der Waals surface area contributed by atoms with Crippen molar-refractivity contribution in [1.82, 2.24) is 4.31 Å². The van der Waals surface area contributed by atoms with E-state index >= 15 is 0 Å². The van der Waals surface area contributed by atoms with E-state index in [2.05, 4.69) is 9.99 Å². The van der Waals surface area contributed by atoms with Crippen molar-refractivity contribution in [3.05, 3.63) is 0 Å². The average Bonchev–Trinajstić information content (AvgIpc) is 2.34. The first kappa shape index (κ1) is 16.4. The number of oxime groups is 1. The molecule has 0 rings (SSSR count). The van der Waals surface area contributed by atoms with Crippen LogP contribution in [0.5, 0.6) is 0 Å². The minimum Gasteiger partial charge on any atom is -0.296 e. The maximum Gasteiger partial charge on any atom is 0.449 e. The number of nitrogens with zero attached hydrogens (tertiary/aromatic N) is 2. The molecule has 0 saturated carbocycles. The van der Waals surface area contributed by atoms with Gasteiger partial charge in [0.2, 0.25) is 0 Å². The summed E-state index contributed by atoms with van der Waals surface area (Å²) in [7, 11) is 1.33. The van der Waals surface area contributed by atoms with Crippen LogP contribution in [0.25, 0.3) is 0 Å². The second-order valence-electron chi connectivity index (χ2n) is 3.06. The van der Waals surface area contributed by atoms with Crippen LogP contribution in [0.3, 0.4) is 0 Å². The standard InChI is InChI=1S/C9H18N2O4S2/c1-5-6-7-14-17(13)11(3)9(12)15-10-8(2)16-4/h5-7H2,1-4H3. The topological polar surface area (TPSA) is 68.2 Å². The second-order valence-corrected chi connectivity index (χ2v) is 5.28. The Bertz CT molecular complexity index is 297. The number of hydrogen-bond acceptors (Lipinski definition) is 6. The zero-order valence-electron chi connectivity index (χ0n) is 10.5. The summed E-state index contributed by atoms with van der Waals surface area (Å²) in [5, 5.41) is 4.14. The van der Waals surface area contributed by atoms with Crippen molar-refractivity contribution < 1.29 is 18.0 Å². The molecular weight excluding hydrogens is 264 g/mol. The Morgan fingerprint density at radius 3 is 2.71 bits per heavy atom. The van der Waals surface area contributed by atoms with Crippen LogP contribution in [0.2, 0.25) is 0 Å². The predicted molar refractivity (Wildman–Crippen MR) is 69.9 cm³/mol. The Labute approximate surface area is 108 Å². The van der Waals surface area contributed by atoms with E-state index in [0.717, 1.165) is 17.1 Å². The first-order valence-electron chi connectivity index (χ1n) is 5.11. The average molecular weight is 282 g/mol. The van der Waals surface area contributed by atoms with Crippen LogP contribution in [0, 0.1) is 0 Å². The minimum atomic E-state index is -1.83. The highest BCUT2D eigenvalue weighted by atomic mass is 32.2. The van der Waals surface area contributed by atoms with Crippen molar-refractivity contribution in [3.63, 3.8) is 0 Å². The molecule has 0 fully saturated rings. The smallest absolute Gasteiger partial charge is 0.296 e. The number of rotatable bonds is 6. The van der Waals surface area contributed by atoms with E-state index in [1.807, 2.05) is 13.2 Å². The molecule has 1 unspecified atom stereocenters. The van der Waals surface area contributed by atoms with Crippen LogP contribution >= 0.6 is 11.8 Å². The Kier molecular flexibility index (Phi) is 9.10. The van der Waals surface area contributed by atoms with Crippen molar-refractivity contribution in [2.24, 2.45) is 5.16 Å². The van der Waals surface area contributed by atoms with E-state index < -0.39 is 17.4 Å². The molecule has 0 aliphatic carbocycles. The first-order chi connectivity index (χ1) is 8.02. The molecule has 100 valence electrons. The molecule has 17 heavy (non-hydrogen) atoms. The lowest BCUT2D eigenvalue weighted by Crippen LogP contribution is -2.29. The molecular formula is C9H18N2O4S2. The van der Waals surface area contributed by atoms with E-state index in [9.17, 15) is 9.00 Å². The monoisotopic (exact) mass is 282 g/mol. The highest BCUT2D eigenvalue weighted by molar-refractivity contribution is 8.13. The molecule has 0 N–H and O–H groups in total. The van der Waals surface area contributed by atoms with Crippen molar-refractivity contribution in [3.8, 4) is 0 Å². The fraction of sp³-hybridized carbons (Fsp3) is 0.778. The van der Waals surface area contributed by atoms with Gasteiger partial charge >= 0.3 is 6.09 Å². The summed E-state index contributed by atoms with van der Waals surface area (Å²) in [5.41, 5.74) is 0. The third-order valence-electron chi connectivity index (χ3n) is 1.71. The van der Waals surface area contributed by atoms with Gasteiger partial charge in [-0.05, 0) is 19.6 Å². The molecule has 0 radical (unpaired) electrons. The number of amides is 1. The fourth-order valence-corrected chi connectivity index (χ4v) is 1.30. The van der Waals surface area contributed by atoms with Crippen LogP contribution in [0.4, 0.5) is 4.79 Å². The summed E-state index contributed by atoms with van der Waals surface area (Å²) < 4.78 is 17.2. The summed E-state index contributed by atoms with van der Waals surface area (Å²) in [6.45, 7) is 4.03. The molecule has 0 saturated heterocycles. The number of hydrogen-bond donors (Lipinski definition) is 0.